The molecule has 1 aliphatic heterocycles. The van der Waals surface area contributed by atoms with Crippen LogP contribution in [0.25, 0.3) is 0 Å². The molecule has 0 saturated heterocycles. The molecule has 0 spiro atoms. The van der Waals surface area contributed by atoms with Crippen LogP contribution in [-0.2, 0) is 27.3 Å². The number of hydrogen-bond donors (Lipinski definition) is 0. The lowest BCUT2D eigenvalue weighted by atomic mass is 10.0. The van der Waals surface area contributed by atoms with E-state index in [0.29, 0.717) is 18.1 Å². The minimum atomic E-state index is -0.384. The second-order valence-corrected chi connectivity index (χ2v) is 8.68. The number of carbonyl (C=O) groups is 2. The smallest absolute Gasteiger partial charge is 0.249 e. The first kappa shape index (κ1) is 23.0. The van der Waals surface area contributed by atoms with Gasteiger partial charge in [0.1, 0.15) is 37.1 Å². The molecule has 1 aromatic carbocycles. The number of ether oxygens (including phenoxy) is 2. The fraction of sp³-hybridized carbons (Fsp3) is 0.333. The lowest BCUT2D eigenvalue weighted by Gasteiger charge is -2.37. The van der Waals surface area contributed by atoms with Crippen molar-refractivity contribution in [1.29, 1.82) is 0 Å². The zero-order valence-corrected chi connectivity index (χ0v) is 19.1. The predicted octanol–water partition coefficient (Wildman–Crippen LogP) is 3.66. The summed E-state index contributed by atoms with van der Waals surface area (Å²) in [7, 11) is 1.44. The number of thiophene rings is 1. The summed E-state index contributed by atoms with van der Waals surface area (Å²) in [6.07, 6.45) is 2.26. The number of amides is 2. The van der Waals surface area contributed by atoms with Crippen LogP contribution in [0.15, 0.2) is 58.5 Å². The molecule has 0 bridgehead atoms. The Kier molecular flexibility index (Phi) is 7.41. The molecule has 0 radical (unpaired) electrons. The summed E-state index contributed by atoms with van der Waals surface area (Å²) in [5.74, 6) is 0.0979. The number of nitrogens with zero attached hydrogens (tertiary/aromatic N) is 2. The highest BCUT2D eigenvalue weighted by molar-refractivity contribution is 7.10. The van der Waals surface area contributed by atoms with Crippen LogP contribution in [0.1, 0.15) is 22.2 Å². The Bertz CT molecular complexity index is 1080. The van der Waals surface area contributed by atoms with E-state index in [4.69, 9.17) is 13.9 Å². The van der Waals surface area contributed by atoms with Gasteiger partial charge in [-0.2, -0.15) is 0 Å². The van der Waals surface area contributed by atoms with Gasteiger partial charge in [0.15, 0.2) is 0 Å². The molecule has 174 valence electrons. The maximum absolute atomic E-state index is 13.6. The Morgan fingerprint density at radius 3 is 2.91 bits per heavy atom. The molecule has 7 nitrogen and oxygen atoms in total. The molecule has 33 heavy (non-hydrogen) atoms. The number of benzene rings is 1. The Hall–Kier alpha value is -3.17. The molecule has 3 heterocycles. The van der Waals surface area contributed by atoms with Crippen molar-refractivity contribution in [3.05, 3.63) is 76.1 Å². The quantitative estimate of drug-likeness (QED) is 0.475. The molecule has 1 atom stereocenters. The van der Waals surface area contributed by atoms with Crippen LogP contribution < -0.4 is 4.74 Å². The van der Waals surface area contributed by atoms with E-state index in [2.05, 4.69) is 0 Å². The Labute approximate surface area is 195 Å². The molecule has 9 heteroatoms. The highest BCUT2D eigenvalue weighted by Crippen LogP contribution is 2.34. The molecule has 2 amide bonds. The highest BCUT2D eigenvalue weighted by atomic mass is 32.1. The van der Waals surface area contributed by atoms with E-state index in [1.54, 1.807) is 40.5 Å². The molecule has 3 aromatic rings. The van der Waals surface area contributed by atoms with Crippen molar-refractivity contribution in [3.8, 4) is 5.75 Å². The largest absolute Gasteiger partial charge is 0.491 e. The van der Waals surface area contributed by atoms with Gasteiger partial charge in [-0.15, -0.1) is 11.3 Å². The molecule has 0 N–H and O–H groups in total. The summed E-state index contributed by atoms with van der Waals surface area (Å²) in [5, 5.41) is 2.00. The first-order valence-electron chi connectivity index (χ1n) is 10.6. The average Bonchev–Trinajstić information content (AvgIpc) is 3.49. The monoisotopic (exact) mass is 472 g/mol. The number of methoxy groups -OCH3 is 1. The SMILES string of the molecule is COCC(=O)N(CC(=O)N1CCc2sccc2[C@@H]1COc1cccc(F)c1)Cc1ccco1. The van der Waals surface area contributed by atoms with Crippen molar-refractivity contribution in [1.82, 2.24) is 9.80 Å². The molecular weight excluding hydrogens is 447 g/mol. The summed E-state index contributed by atoms with van der Waals surface area (Å²) in [6.45, 7) is 0.621. The minimum absolute atomic E-state index is 0.112. The van der Waals surface area contributed by atoms with E-state index in [0.717, 1.165) is 12.0 Å². The molecule has 0 saturated carbocycles. The van der Waals surface area contributed by atoms with E-state index < -0.39 is 0 Å². The van der Waals surface area contributed by atoms with Crippen LogP contribution in [0, 0.1) is 5.82 Å². The van der Waals surface area contributed by atoms with Gasteiger partial charge in [0.05, 0.1) is 18.8 Å². The van der Waals surface area contributed by atoms with Crippen molar-refractivity contribution in [2.75, 3.05) is 33.4 Å². The fourth-order valence-corrected chi connectivity index (χ4v) is 4.83. The van der Waals surface area contributed by atoms with Crippen molar-refractivity contribution in [2.45, 2.75) is 19.0 Å². The highest BCUT2D eigenvalue weighted by Gasteiger charge is 2.33. The molecule has 0 aliphatic carbocycles. The maximum Gasteiger partial charge on any atom is 0.249 e. The Morgan fingerprint density at radius 2 is 2.15 bits per heavy atom. The van der Waals surface area contributed by atoms with Crippen LogP contribution in [0.5, 0.6) is 5.75 Å². The third kappa shape index (κ3) is 5.61. The summed E-state index contributed by atoms with van der Waals surface area (Å²) in [6, 6.07) is 11.1. The van der Waals surface area contributed by atoms with Crippen LogP contribution in [0.2, 0.25) is 0 Å². The van der Waals surface area contributed by atoms with Crippen LogP contribution in [0.3, 0.4) is 0 Å². The standard InChI is InChI=1S/C24H25FN2O5S/c1-30-16-24(29)26(13-19-6-3-10-31-19)14-23(28)27-9-7-22-20(8-11-33-22)21(27)15-32-18-5-2-4-17(25)12-18/h2-6,8,10-12,21H,7,9,13-16H2,1H3/t21-/m0/s1. The fourth-order valence-electron chi connectivity index (χ4n) is 3.90. The van der Waals surface area contributed by atoms with Crippen molar-refractivity contribution in [3.63, 3.8) is 0 Å². The summed E-state index contributed by atoms with van der Waals surface area (Å²) < 4.78 is 29.8. The first-order valence-corrected chi connectivity index (χ1v) is 11.5. The molecule has 0 fully saturated rings. The second-order valence-electron chi connectivity index (χ2n) is 7.68. The van der Waals surface area contributed by atoms with Crippen LogP contribution >= 0.6 is 11.3 Å². The number of carbonyl (C=O) groups excluding carboxylic acids is 2. The molecule has 2 aromatic heterocycles. The zero-order chi connectivity index (χ0) is 23.2. The number of rotatable bonds is 9. The van der Waals surface area contributed by atoms with Gasteiger partial charge in [0, 0.05) is 24.6 Å². The topological polar surface area (TPSA) is 72.2 Å². The summed E-state index contributed by atoms with van der Waals surface area (Å²) in [5.41, 5.74) is 1.02. The zero-order valence-electron chi connectivity index (χ0n) is 18.2. The van der Waals surface area contributed by atoms with E-state index in [-0.39, 0.29) is 50.0 Å². The van der Waals surface area contributed by atoms with Crippen LogP contribution in [0.4, 0.5) is 4.39 Å². The van der Waals surface area contributed by atoms with Crippen molar-refractivity contribution in [2.24, 2.45) is 0 Å². The summed E-state index contributed by atoms with van der Waals surface area (Å²) >= 11 is 1.65. The van der Waals surface area contributed by atoms with Gasteiger partial charge >= 0.3 is 0 Å². The minimum Gasteiger partial charge on any atom is -0.491 e. The number of furan rings is 1. The van der Waals surface area contributed by atoms with E-state index >= 15 is 0 Å². The van der Waals surface area contributed by atoms with Gasteiger partial charge in [-0.3, -0.25) is 9.59 Å². The van der Waals surface area contributed by atoms with Crippen molar-refractivity contribution < 1.29 is 27.9 Å². The van der Waals surface area contributed by atoms with Gasteiger partial charge in [-0.05, 0) is 47.7 Å². The molecular formula is C24H25FN2O5S. The Morgan fingerprint density at radius 1 is 1.27 bits per heavy atom. The number of halogens is 1. The average molecular weight is 473 g/mol. The van der Waals surface area contributed by atoms with E-state index in [9.17, 15) is 14.0 Å². The third-order valence-corrected chi connectivity index (χ3v) is 6.49. The van der Waals surface area contributed by atoms with Gasteiger partial charge in [-0.25, -0.2) is 4.39 Å². The Balaban J connectivity index is 1.51. The molecule has 4 rings (SSSR count). The van der Waals surface area contributed by atoms with Crippen LogP contribution in [-0.4, -0.2) is 55.0 Å². The normalized spacial score (nSPS) is 15.2. The lowest BCUT2D eigenvalue weighted by molar-refractivity contribution is -0.145. The van der Waals surface area contributed by atoms with Gasteiger partial charge in [0.2, 0.25) is 11.8 Å². The lowest BCUT2D eigenvalue weighted by Crippen LogP contribution is -2.48. The van der Waals surface area contributed by atoms with E-state index in [1.165, 1.54) is 35.3 Å². The number of fused-ring (bicyclic) bond motifs is 1. The molecule has 1 aliphatic rings. The second kappa shape index (κ2) is 10.6. The van der Waals surface area contributed by atoms with E-state index in [1.807, 2.05) is 11.4 Å². The van der Waals surface area contributed by atoms with Crippen molar-refractivity contribution >= 4 is 23.2 Å². The van der Waals surface area contributed by atoms with Gasteiger partial charge in [0.25, 0.3) is 0 Å². The number of hydrogen-bond acceptors (Lipinski definition) is 6. The predicted molar refractivity (Wildman–Crippen MR) is 120 cm³/mol. The van der Waals surface area contributed by atoms with Gasteiger partial charge < -0.3 is 23.7 Å². The molecule has 0 unspecified atom stereocenters. The third-order valence-electron chi connectivity index (χ3n) is 5.49. The maximum atomic E-state index is 13.6. The summed E-state index contributed by atoms with van der Waals surface area (Å²) in [4.78, 5) is 30.4. The first-order chi connectivity index (χ1) is 16.0. The van der Waals surface area contributed by atoms with Gasteiger partial charge in [-0.1, -0.05) is 6.07 Å².